The summed E-state index contributed by atoms with van der Waals surface area (Å²) < 4.78 is 0. The summed E-state index contributed by atoms with van der Waals surface area (Å²) in [6.45, 7) is 4.11. The number of aromatic nitrogens is 1. The topological polar surface area (TPSA) is 42.0 Å². The smallest absolute Gasteiger partial charge is 0.230 e. The number of pyridine rings is 1. The molecule has 0 radical (unpaired) electrons. The van der Waals surface area contributed by atoms with Crippen molar-refractivity contribution in [3.8, 4) is 0 Å². The average Bonchev–Trinajstić information content (AvgIpc) is 2.58. The van der Waals surface area contributed by atoms with Crippen LogP contribution in [-0.2, 0) is 17.6 Å². The first-order valence-electron chi connectivity index (χ1n) is 8.61. The molecule has 1 atom stereocenters. The van der Waals surface area contributed by atoms with Gasteiger partial charge in [-0.1, -0.05) is 24.6 Å². The van der Waals surface area contributed by atoms with Crippen LogP contribution in [0, 0.1) is 0 Å². The monoisotopic (exact) mass is 362 g/mol. The average molecular weight is 363 g/mol. The molecule has 3 nitrogen and oxygen atoms in total. The lowest BCUT2D eigenvalue weighted by molar-refractivity contribution is -0.119. The van der Waals surface area contributed by atoms with Crippen LogP contribution in [0.3, 0.4) is 0 Å². The molecule has 1 N–H and O–H groups in total. The van der Waals surface area contributed by atoms with Crippen molar-refractivity contribution in [2.75, 3.05) is 5.75 Å². The zero-order valence-corrected chi connectivity index (χ0v) is 15.8. The molecular weight excluding hydrogens is 340 g/mol. The van der Waals surface area contributed by atoms with Crippen LogP contribution in [-0.4, -0.2) is 22.7 Å². The van der Waals surface area contributed by atoms with Gasteiger partial charge in [-0.15, -0.1) is 11.8 Å². The molecule has 1 amide bonds. The number of benzene rings is 1. The molecule has 2 aromatic rings. The zero-order valence-electron chi connectivity index (χ0n) is 14.2. The Morgan fingerprint density at radius 1 is 1.38 bits per heavy atom. The highest BCUT2D eigenvalue weighted by Gasteiger charge is 2.19. The fourth-order valence-corrected chi connectivity index (χ4v) is 4.32. The number of amides is 1. The highest BCUT2D eigenvalue weighted by Crippen LogP contribution is 2.36. The molecule has 1 aromatic heterocycles. The number of nitrogens with zero attached hydrogens (tertiary/aromatic N) is 1. The summed E-state index contributed by atoms with van der Waals surface area (Å²) in [5.41, 5.74) is 3.45. The molecule has 0 spiro atoms. The molecule has 0 aliphatic heterocycles. The number of halogens is 1. The van der Waals surface area contributed by atoms with Crippen LogP contribution in [0.25, 0.3) is 10.9 Å². The van der Waals surface area contributed by atoms with Crippen molar-refractivity contribution in [1.29, 1.82) is 0 Å². The van der Waals surface area contributed by atoms with Crippen molar-refractivity contribution in [2.24, 2.45) is 0 Å². The SMILES string of the molecule is CC[C@@H](C)NC(=O)CSc1c2c(nc3cc(Cl)ccc13)CCCC2. The van der Waals surface area contributed by atoms with Crippen LogP contribution in [0.4, 0.5) is 0 Å². The van der Waals surface area contributed by atoms with Gasteiger partial charge in [-0.2, -0.15) is 0 Å². The number of fused-ring (bicyclic) bond motifs is 2. The number of carbonyl (C=O) groups is 1. The second-order valence-corrected chi connectivity index (χ2v) is 7.82. The van der Waals surface area contributed by atoms with Crippen LogP contribution in [0.15, 0.2) is 23.1 Å². The van der Waals surface area contributed by atoms with Crippen molar-refractivity contribution in [3.05, 3.63) is 34.5 Å². The molecular formula is C19H23ClN2OS. The van der Waals surface area contributed by atoms with Gasteiger partial charge in [0.2, 0.25) is 5.91 Å². The largest absolute Gasteiger partial charge is 0.353 e. The second kappa shape index (κ2) is 7.75. The highest BCUT2D eigenvalue weighted by atomic mass is 35.5. The maximum Gasteiger partial charge on any atom is 0.230 e. The number of thioether (sulfide) groups is 1. The van der Waals surface area contributed by atoms with Gasteiger partial charge in [0.15, 0.2) is 0 Å². The van der Waals surface area contributed by atoms with Crippen LogP contribution in [0.2, 0.25) is 5.02 Å². The minimum Gasteiger partial charge on any atom is -0.353 e. The summed E-state index contributed by atoms with van der Waals surface area (Å²) in [4.78, 5) is 18.2. The molecule has 128 valence electrons. The van der Waals surface area contributed by atoms with E-state index in [9.17, 15) is 4.79 Å². The van der Waals surface area contributed by atoms with E-state index in [1.54, 1.807) is 11.8 Å². The molecule has 1 heterocycles. The van der Waals surface area contributed by atoms with E-state index in [0.29, 0.717) is 10.8 Å². The fraction of sp³-hybridized carbons (Fsp3) is 0.474. The van der Waals surface area contributed by atoms with Gasteiger partial charge in [0.25, 0.3) is 0 Å². The van der Waals surface area contributed by atoms with Gasteiger partial charge in [-0.25, -0.2) is 0 Å². The molecule has 0 bridgehead atoms. The maximum absolute atomic E-state index is 12.2. The normalized spacial score (nSPS) is 15.1. The van der Waals surface area contributed by atoms with Gasteiger partial charge in [-0.3, -0.25) is 9.78 Å². The van der Waals surface area contributed by atoms with Crippen LogP contribution >= 0.6 is 23.4 Å². The van der Waals surface area contributed by atoms with Gasteiger partial charge < -0.3 is 5.32 Å². The Kier molecular flexibility index (Phi) is 5.67. The lowest BCUT2D eigenvalue weighted by Gasteiger charge is -2.20. The van der Waals surface area contributed by atoms with Crippen molar-refractivity contribution in [1.82, 2.24) is 10.3 Å². The number of hydrogen-bond acceptors (Lipinski definition) is 3. The summed E-state index contributed by atoms with van der Waals surface area (Å²) in [6.07, 6.45) is 5.40. The van der Waals surface area contributed by atoms with Crippen LogP contribution in [0.1, 0.15) is 44.4 Å². The molecule has 0 fully saturated rings. The maximum atomic E-state index is 12.2. The predicted molar refractivity (Wildman–Crippen MR) is 102 cm³/mol. The summed E-state index contributed by atoms with van der Waals surface area (Å²) in [5.74, 6) is 0.538. The van der Waals surface area contributed by atoms with Crippen molar-refractivity contribution in [2.45, 2.75) is 56.9 Å². The van der Waals surface area contributed by atoms with E-state index in [1.807, 2.05) is 25.1 Å². The lowest BCUT2D eigenvalue weighted by Crippen LogP contribution is -2.33. The third-order valence-corrected chi connectivity index (χ3v) is 5.94. The number of hydrogen-bond donors (Lipinski definition) is 1. The van der Waals surface area contributed by atoms with Gasteiger partial charge in [0.1, 0.15) is 0 Å². The number of carbonyl (C=O) groups excluding carboxylic acids is 1. The molecule has 0 saturated heterocycles. The van der Waals surface area contributed by atoms with E-state index < -0.39 is 0 Å². The number of aryl methyl sites for hydroxylation is 1. The van der Waals surface area contributed by atoms with Gasteiger partial charge in [0, 0.05) is 27.0 Å². The van der Waals surface area contributed by atoms with Gasteiger partial charge in [0.05, 0.1) is 11.3 Å². The molecule has 3 rings (SSSR count). The van der Waals surface area contributed by atoms with Crippen molar-refractivity contribution < 1.29 is 4.79 Å². The Balaban J connectivity index is 1.91. The summed E-state index contributed by atoms with van der Waals surface area (Å²) in [7, 11) is 0. The van der Waals surface area contributed by atoms with Crippen LogP contribution in [0.5, 0.6) is 0 Å². The predicted octanol–water partition coefficient (Wildman–Crippen LogP) is 4.77. The van der Waals surface area contributed by atoms with E-state index in [0.717, 1.165) is 30.2 Å². The number of rotatable bonds is 5. The molecule has 1 aromatic carbocycles. The van der Waals surface area contributed by atoms with E-state index in [4.69, 9.17) is 16.6 Å². The minimum atomic E-state index is 0.0952. The summed E-state index contributed by atoms with van der Waals surface area (Å²) in [6, 6.07) is 6.09. The van der Waals surface area contributed by atoms with Gasteiger partial charge in [-0.05, 0) is 56.7 Å². The Labute approximate surface area is 152 Å². The van der Waals surface area contributed by atoms with Crippen molar-refractivity contribution >= 4 is 40.2 Å². The number of nitrogens with one attached hydrogen (secondary N) is 1. The Morgan fingerprint density at radius 2 is 2.17 bits per heavy atom. The standard InChI is InChI=1S/C19H23ClN2OS/c1-3-12(2)21-18(23)11-24-19-14-6-4-5-7-16(14)22-17-10-13(20)8-9-15(17)19/h8-10,12H,3-7,11H2,1-2H3,(H,21,23)/t12-/m1/s1. The third kappa shape index (κ3) is 3.86. The highest BCUT2D eigenvalue weighted by molar-refractivity contribution is 8.00. The minimum absolute atomic E-state index is 0.0952. The molecule has 5 heteroatoms. The molecule has 24 heavy (non-hydrogen) atoms. The summed E-state index contributed by atoms with van der Waals surface area (Å²) >= 11 is 7.78. The van der Waals surface area contributed by atoms with E-state index >= 15 is 0 Å². The second-order valence-electron chi connectivity index (χ2n) is 6.40. The molecule has 1 aliphatic carbocycles. The van der Waals surface area contributed by atoms with Gasteiger partial charge >= 0.3 is 0 Å². The Bertz CT molecular complexity index is 763. The third-order valence-electron chi connectivity index (χ3n) is 4.54. The van der Waals surface area contributed by atoms with E-state index in [2.05, 4.69) is 12.2 Å². The molecule has 0 unspecified atom stereocenters. The zero-order chi connectivity index (χ0) is 17.1. The van der Waals surface area contributed by atoms with E-state index in [1.165, 1.54) is 29.0 Å². The molecule has 0 saturated carbocycles. The van der Waals surface area contributed by atoms with Crippen LogP contribution < -0.4 is 5.32 Å². The summed E-state index contributed by atoms with van der Waals surface area (Å²) in [5, 5.41) is 4.86. The Morgan fingerprint density at radius 3 is 2.96 bits per heavy atom. The molecule has 1 aliphatic rings. The Hall–Kier alpha value is -1.26. The van der Waals surface area contributed by atoms with Crippen molar-refractivity contribution in [3.63, 3.8) is 0 Å². The fourth-order valence-electron chi connectivity index (χ4n) is 3.08. The first-order valence-corrected chi connectivity index (χ1v) is 9.98. The quantitative estimate of drug-likeness (QED) is 0.778. The first kappa shape index (κ1) is 17.6. The lowest BCUT2D eigenvalue weighted by atomic mass is 9.94. The first-order chi connectivity index (χ1) is 11.6. The van der Waals surface area contributed by atoms with E-state index in [-0.39, 0.29) is 11.9 Å².